The molecular weight excluding hydrogens is 304 g/mol. The first-order valence-corrected chi connectivity index (χ1v) is 8.87. The molecule has 6 rings (SSSR count). The first-order valence-electron chi connectivity index (χ1n) is 8.87. The van der Waals surface area contributed by atoms with E-state index in [4.69, 9.17) is 14.6 Å². The van der Waals surface area contributed by atoms with Crippen LogP contribution in [-0.4, -0.2) is 37.5 Å². The van der Waals surface area contributed by atoms with Gasteiger partial charge in [0, 0.05) is 17.5 Å². The quantitative estimate of drug-likeness (QED) is 0.839. The minimum atomic E-state index is -0.649. The summed E-state index contributed by atoms with van der Waals surface area (Å²) in [6.45, 7) is 2.90. The summed E-state index contributed by atoms with van der Waals surface area (Å²) in [6, 6.07) is 8.16. The van der Waals surface area contributed by atoms with Crippen molar-refractivity contribution >= 4 is 17.3 Å². The van der Waals surface area contributed by atoms with Gasteiger partial charge in [-0.2, -0.15) is 5.06 Å². The number of anilines is 1. The average Bonchev–Trinajstić information content (AvgIpc) is 2.96. The van der Waals surface area contributed by atoms with Crippen LogP contribution in [0.25, 0.3) is 0 Å². The van der Waals surface area contributed by atoms with Crippen molar-refractivity contribution in [3.05, 3.63) is 29.8 Å². The second-order valence-corrected chi connectivity index (χ2v) is 7.34. The maximum atomic E-state index is 13.4. The first kappa shape index (κ1) is 14.6. The number of rotatable bonds is 2. The first-order chi connectivity index (χ1) is 11.7. The Hall–Kier alpha value is -1.72. The third kappa shape index (κ3) is 1.57. The molecule has 5 atom stereocenters. The normalized spacial score (nSPS) is 39.3. The van der Waals surface area contributed by atoms with Crippen LogP contribution >= 0.6 is 0 Å². The molecule has 5 heteroatoms. The smallest absolute Gasteiger partial charge is 0.264 e. The Morgan fingerprint density at radius 1 is 1.42 bits per heavy atom. The fraction of sp³-hybridized carbons (Fsp3) is 0.579. The van der Waals surface area contributed by atoms with Gasteiger partial charge in [0.2, 0.25) is 0 Å². The number of aliphatic imine (C=N–C) groups is 1. The predicted molar refractivity (Wildman–Crippen MR) is 90.1 cm³/mol. The molecule has 0 radical (unpaired) electrons. The standard InChI is InChI=1S/C19H22N2O3/c1-3-14-11-8-17-19(9-15(20-14)12(11)10-24-17)13-6-4-5-7-16(13)21(23-2)18(19)22/h4-7,11-12,15,17H,3,8-10H2,1-2H3/t11-,12+,15+,17-,19-/m0/s1. The molecule has 24 heavy (non-hydrogen) atoms. The van der Waals surface area contributed by atoms with Gasteiger partial charge in [0.25, 0.3) is 5.91 Å². The van der Waals surface area contributed by atoms with Crippen LogP contribution < -0.4 is 5.06 Å². The van der Waals surface area contributed by atoms with Crippen molar-refractivity contribution in [3.8, 4) is 0 Å². The summed E-state index contributed by atoms with van der Waals surface area (Å²) >= 11 is 0. The molecule has 1 aromatic rings. The lowest BCUT2D eigenvalue weighted by Crippen LogP contribution is -2.51. The molecule has 3 fully saturated rings. The number of carbonyl (C=O) groups is 1. The van der Waals surface area contributed by atoms with Crippen molar-refractivity contribution < 1.29 is 14.4 Å². The van der Waals surface area contributed by atoms with Gasteiger partial charge in [0.05, 0.1) is 31.5 Å². The van der Waals surface area contributed by atoms with Crippen molar-refractivity contribution in [2.45, 2.75) is 43.7 Å². The number of ether oxygens (including phenoxy) is 1. The maximum Gasteiger partial charge on any atom is 0.264 e. The Labute approximate surface area is 141 Å². The van der Waals surface area contributed by atoms with Crippen molar-refractivity contribution in [2.24, 2.45) is 16.8 Å². The van der Waals surface area contributed by atoms with E-state index in [1.165, 1.54) is 10.8 Å². The molecular formula is C19H22N2O3. The molecule has 126 valence electrons. The van der Waals surface area contributed by atoms with Crippen LogP contribution in [-0.2, 0) is 19.8 Å². The highest BCUT2D eigenvalue weighted by atomic mass is 16.7. The minimum Gasteiger partial charge on any atom is -0.376 e. The summed E-state index contributed by atoms with van der Waals surface area (Å²) in [5, 5.41) is 1.45. The number of nitrogens with zero attached hydrogens (tertiary/aromatic N) is 2. The number of hydrogen-bond acceptors (Lipinski definition) is 4. The summed E-state index contributed by atoms with van der Waals surface area (Å²) in [4.78, 5) is 23.9. The number of hydrogen-bond donors (Lipinski definition) is 0. The zero-order valence-corrected chi connectivity index (χ0v) is 14.1. The molecule has 4 heterocycles. The summed E-state index contributed by atoms with van der Waals surface area (Å²) in [6.07, 6.45) is 2.55. The van der Waals surface area contributed by atoms with Crippen molar-refractivity contribution in [2.75, 3.05) is 18.8 Å². The molecule has 0 N–H and O–H groups in total. The second-order valence-electron chi connectivity index (χ2n) is 7.34. The van der Waals surface area contributed by atoms with Gasteiger partial charge in [-0.15, -0.1) is 0 Å². The van der Waals surface area contributed by atoms with Gasteiger partial charge in [-0.25, -0.2) is 0 Å². The molecule has 4 bridgehead atoms. The Morgan fingerprint density at radius 3 is 3.04 bits per heavy atom. The van der Waals surface area contributed by atoms with Crippen LogP contribution in [0.4, 0.5) is 5.69 Å². The molecule has 0 unspecified atom stereocenters. The summed E-state index contributed by atoms with van der Waals surface area (Å²) in [5.74, 6) is 0.930. The largest absolute Gasteiger partial charge is 0.376 e. The topological polar surface area (TPSA) is 51.1 Å². The van der Waals surface area contributed by atoms with Gasteiger partial charge < -0.3 is 4.74 Å². The van der Waals surface area contributed by atoms with E-state index in [9.17, 15) is 4.79 Å². The van der Waals surface area contributed by atoms with Gasteiger partial charge in [-0.3, -0.25) is 14.6 Å². The Morgan fingerprint density at radius 2 is 2.25 bits per heavy atom. The number of benzene rings is 1. The van der Waals surface area contributed by atoms with E-state index in [0.717, 1.165) is 37.1 Å². The molecule has 1 saturated carbocycles. The van der Waals surface area contributed by atoms with Crippen LogP contribution in [0.3, 0.4) is 0 Å². The van der Waals surface area contributed by atoms with E-state index in [1.807, 2.05) is 18.2 Å². The molecule has 1 amide bonds. The fourth-order valence-electron chi connectivity index (χ4n) is 5.46. The van der Waals surface area contributed by atoms with Crippen molar-refractivity contribution in [1.29, 1.82) is 0 Å². The lowest BCUT2D eigenvalue weighted by Gasteiger charge is -2.38. The highest BCUT2D eigenvalue weighted by Crippen LogP contribution is 2.56. The number of hydroxylamine groups is 1. The lowest BCUT2D eigenvalue weighted by molar-refractivity contribution is -0.137. The number of amides is 1. The fourth-order valence-corrected chi connectivity index (χ4v) is 5.46. The summed E-state index contributed by atoms with van der Waals surface area (Å²) in [7, 11) is 1.56. The van der Waals surface area contributed by atoms with E-state index < -0.39 is 5.41 Å². The zero-order chi connectivity index (χ0) is 16.5. The maximum absolute atomic E-state index is 13.4. The van der Waals surface area contributed by atoms with Gasteiger partial charge in [-0.05, 0) is 30.9 Å². The summed E-state index contributed by atoms with van der Waals surface area (Å²) in [5.41, 5.74) is 2.58. The second kappa shape index (κ2) is 4.90. The van der Waals surface area contributed by atoms with Gasteiger partial charge in [0.1, 0.15) is 5.41 Å². The monoisotopic (exact) mass is 326 g/mol. The minimum absolute atomic E-state index is 0.0117. The molecule has 1 aromatic carbocycles. The number of carbonyl (C=O) groups excluding carboxylic acids is 1. The summed E-state index contributed by atoms with van der Waals surface area (Å²) < 4.78 is 6.26. The highest BCUT2D eigenvalue weighted by Gasteiger charge is 2.64. The van der Waals surface area contributed by atoms with Gasteiger partial charge in [0.15, 0.2) is 0 Å². The number of fused-ring (bicyclic) bond motifs is 2. The Bertz CT molecular complexity index is 746. The lowest BCUT2D eigenvalue weighted by atomic mass is 9.71. The molecule has 1 aliphatic carbocycles. The molecule has 5 aliphatic rings. The predicted octanol–water partition coefficient (Wildman–Crippen LogP) is 2.49. The number of para-hydroxylation sites is 1. The van der Waals surface area contributed by atoms with Crippen LogP contribution in [0.15, 0.2) is 29.3 Å². The van der Waals surface area contributed by atoms with E-state index in [2.05, 4.69) is 13.0 Å². The van der Waals surface area contributed by atoms with E-state index in [0.29, 0.717) is 11.8 Å². The van der Waals surface area contributed by atoms with Crippen LogP contribution in [0.1, 0.15) is 31.7 Å². The molecule has 5 nitrogen and oxygen atoms in total. The zero-order valence-electron chi connectivity index (χ0n) is 14.1. The van der Waals surface area contributed by atoms with Gasteiger partial charge >= 0.3 is 0 Å². The molecule has 2 saturated heterocycles. The van der Waals surface area contributed by atoms with Crippen LogP contribution in [0.5, 0.6) is 0 Å². The van der Waals surface area contributed by atoms with Crippen molar-refractivity contribution in [3.63, 3.8) is 0 Å². The average molecular weight is 326 g/mol. The SMILES string of the molecule is CCC1=N[C@@H]2C[C@@]3(C(=O)N(OC)c4ccccc43)[C@@H]3C[C@H]1[C@H]2CO3. The molecule has 1 spiro atoms. The highest BCUT2D eigenvalue weighted by molar-refractivity contribution is 6.07. The van der Waals surface area contributed by atoms with Crippen LogP contribution in [0, 0.1) is 11.8 Å². The van der Waals surface area contributed by atoms with E-state index >= 15 is 0 Å². The van der Waals surface area contributed by atoms with Crippen LogP contribution in [0.2, 0.25) is 0 Å². The third-order valence-electron chi connectivity index (χ3n) is 6.52. The Kier molecular flexibility index (Phi) is 2.98. The molecule has 4 aliphatic heterocycles. The van der Waals surface area contributed by atoms with Gasteiger partial charge in [-0.1, -0.05) is 25.1 Å². The van der Waals surface area contributed by atoms with Crippen molar-refractivity contribution in [1.82, 2.24) is 0 Å². The van der Waals surface area contributed by atoms with E-state index in [-0.39, 0.29) is 18.1 Å². The van der Waals surface area contributed by atoms with E-state index in [1.54, 1.807) is 7.11 Å². The third-order valence-corrected chi connectivity index (χ3v) is 6.52. The molecule has 0 aromatic heterocycles. The Balaban J connectivity index is 1.69.